The average molecular weight is 268 g/mol. The third kappa shape index (κ3) is 4.28. The van der Waals surface area contributed by atoms with Crippen LogP contribution in [0.15, 0.2) is 18.2 Å². The molecule has 84 valence electrons. The number of benzene rings is 1. The molecule has 9 heteroatoms. The van der Waals surface area contributed by atoms with Gasteiger partial charge in [0.05, 0.1) is 0 Å². The van der Waals surface area contributed by atoms with Crippen molar-refractivity contribution in [3.63, 3.8) is 0 Å². The Bertz CT molecular complexity index is 355. The van der Waals surface area contributed by atoms with Crippen molar-refractivity contribution in [2.24, 2.45) is 0 Å². The van der Waals surface area contributed by atoms with Crippen LogP contribution >= 0.6 is 0 Å². The molecule has 0 saturated carbocycles. The summed E-state index contributed by atoms with van der Waals surface area (Å²) in [6.45, 7) is -8.94. The van der Waals surface area contributed by atoms with Crippen LogP contribution < -0.4 is 61.6 Å². The molecule has 0 bridgehead atoms. The van der Waals surface area contributed by atoms with E-state index in [-0.39, 0.29) is 51.4 Å². The Hall–Kier alpha value is 0.301. The molecule has 0 unspecified atom stereocenters. The molecule has 0 N–H and O–H groups in total. The normalized spacial score (nSPS) is 11.2. The molecular formula is C7H4BF6KO. The van der Waals surface area contributed by atoms with Gasteiger partial charge in [-0.1, -0.05) is 17.6 Å². The third-order valence-electron chi connectivity index (χ3n) is 1.56. The van der Waals surface area contributed by atoms with Crippen LogP contribution in [0.4, 0.5) is 26.1 Å². The molecule has 0 radical (unpaired) electrons. The van der Waals surface area contributed by atoms with E-state index in [1.165, 1.54) is 0 Å². The van der Waals surface area contributed by atoms with Gasteiger partial charge in [-0.15, -0.1) is 0 Å². The van der Waals surface area contributed by atoms with Gasteiger partial charge in [-0.2, -0.15) is 8.78 Å². The van der Waals surface area contributed by atoms with E-state index < -0.39 is 30.6 Å². The minimum absolute atomic E-state index is 0. The minimum atomic E-state index is -5.58. The molecular weight excluding hydrogens is 264 g/mol. The van der Waals surface area contributed by atoms with Crippen molar-refractivity contribution in [2.45, 2.75) is 6.61 Å². The summed E-state index contributed by atoms with van der Waals surface area (Å²) in [7, 11) is 0. The van der Waals surface area contributed by atoms with Crippen LogP contribution in [0.3, 0.4) is 0 Å². The molecule has 1 nitrogen and oxygen atoms in total. The van der Waals surface area contributed by atoms with Gasteiger partial charge in [0.1, 0.15) is 5.82 Å². The van der Waals surface area contributed by atoms with Gasteiger partial charge in [0.25, 0.3) is 0 Å². The Kier molecular flexibility index (Phi) is 6.41. The Labute approximate surface area is 130 Å². The Morgan fingerprint density at radius 3 is 2.12 bits per heavy atom. The summed E-state index contributed by atoms with van der Waals surface area (Å²) < 4.78 is 76.3. The van der Waals surface area contributed by atoms with Crippen molar-refractivity contribution in [3.8, 4) is 5.75 Å². The number of rotatable bonds is 3. The molecule has 0 fully saturated rings. The molecule has 0 aliphatic carbocycles. The van der Waals surface area contributed by atoms with E-state index >= 15 is 0 Å². The summed E-state index contributed by atoms with van der Waals surface area (Å²) in [6.07, 6.45) is 0. The molecule has 0 spiro atoms. The number of ether oxygens (including phenoxy) is 1. The van der Waals surface area contributed by atoms with Crippen LogP contribution in [-0.4, -0.2) is 13.6 Å². The van der Waals surface area contributed by atoms with Gasteiger partial charge in [-0.05, 0) is 6.07 Å². The number of hydrogen-bond acceptors (Lipinski definition) is 1. The smallest absolute Gasteiger partial charge is 0.445 e. The number of hydrogen-bond donors (Lipinski definition) is 0. The number of halogens is 6. The summed E-state index contributed by atoms with van der Waals surface area (Å²) in [4.78, 5) is 0. The second-order valence-electron chi connectivity index (χ2n) is 2.61. The van der Waals surface area contributed by atoms with Gasteiger partial charge in [-0.3, -0.25) is 0 Å². The second-order valence-corrected chi connectivity index (χ2v) is 2.61. The zero-order valence-corrected chi connectivity index (χ0v) is 11.2. The van der Waals surface area contributed by atoms with E-state index in [0.717, 1.165) is 6.07 Å². The van der Waals surface area contributed by atoms with Crippen molar-refractivity contribution in [1.29, 1.82) is 0 Å². The summed E-state index contributed by atoms with van der Waals surface area (Å²) in [5.41, 5.74) is -1.58. The fourth-order valence-corrected chi connectivity index (χ4v) is 0.968. The van der Waals surface area contributed by atoms with Crippen LogP contribution in [0.25, 0.3) is 0 Å². The van der Waals surface area contributed by atoms with Crippen LogP contribution in [0.1, 0.15) is 0 Å². The third-order valence-corrected chi connectivity index (χ3v) is 1.56. The van der Waals surface area contributed by atoms with Crippen LogP contribution in [-0.2, 0) is 0 Å². The van der Waals surface area contributed by atoms with Crippen LogP contribution in [0.2, 0.25) is 0 Å². The molecule has 1 rings (SSSR count). The summed E-state index contributed by atoms with van der Waals surface area (Å²) >= 11 is 0. The van der Waals surface area contributed by atoms with Gasteiger partial charge < -0.3 is 17.7 Å². The summed E-state index contributed by atoms with van der Waals surface area (Å²) in [5.74, 6) is -2.92. The molecule has 0 atom stereocenters. The van der Waals surface area contributed by atoms with Gasteiger partial charge in [-0.25, -0.2) is 4.39 Å². The maximum absolute atomic E-state index is 13.0. The second kappa shape index (κ2) is 6.29. The zero-order valence-electron chi connectivity index (χ0n) is 8.06. The van der Waals surface area contributed by atoms with E-state index in [2.05, 4.69) is 4.74 Å². The largest absolute Gasteiger partial charge is 1.00 e. The Morgan fingerprint density at radius 1 is 1.12 bits per heavy atom. The number of alkyl halides is 2. The molecule has 0 aliphatic rings. The van der Waals surface area contributed by atoms with Crippen LogP contribution in [0, 0.1) is 5.82 Å². The first-order valence-electron chi connectivity index (χ1n) is 3.75. The Morgan fingerprint density at radius 2 is 1.69 bits per heavy atom. The molecule has 1 aromatic rings. The first-order valence-corrected chi connectivity index (χ1v) is 3.75. The van der Waals surface area contributed by atoms with E-state index in [0.29, 0.717) is 12.1 Å². The molecule has 0 aromatic heterocycles. The molecule has 0 heterocycles. The van der Waals surface area contributed by atoms with Crippen molar-refractivity contribution in [1.82, 2.24) is 0 Å². The van der Waals surface area contributed by atoms with Crippen molar-refractivity contribution in [2.75, 3.05) is 0 Å². The van der Waals surface area contributed by atoms with Gasteiger partial charge in [0.2, 0.25) is 0 Å². The van der Waals surface area contributed by atoms with Crippen LogP contribution in [0.5, 0.6) is 5.75 Å². The van der Waals surface area contributed by atoms with E-state index in [1.807, 2.05) is 0 Å². The predicted octanol–water partition coefficient (Wildman–Crippen LogP) is -0.515. The Balaban J connectivity index is 0.00000225. The SMILES string of the molecule is Fc1c(OC(F)F)cccc1[B-](F)(F)F.[K+]. The maximum Gasteiger partial charge on any atom is 1.00 e. The summed E-state index contributed by atoms with van der Waals surface area (Å²) in [5, 5.41) is 0. The molecule has 16 heavy (non-hydrogen) atoms. The molecule has 1 aromatic carbocycles. The van der Waals surface area contributed by atoms with E-state index in [4.69, 9.17) is 0 Å². The fourth-order valence-electron chi connectivity index (χ4n) is 0.968. The van der Waals surface area contributed by atoms with E-state index in [9.17, 15) is 26.1 Å². The molecule has 0 saturated heterocycles. The van der Waals surface area contributed by atoms with Crippen molar-refractivity contribution < 1.29 is 82.2 Å². The predicted molar refractivity (Wildman–Crippen MR) is 41.7 cm³/mol. The van der Waals surface area contributed by atoms with Gasteiger partial charge >= 0.3 is 65.0 Å². The van der Waals surface area contributed by atoms with Crippen molar-refractivity contribution in [3.05, 3.63) is 24.0 Å². The van der Waals surface area contributed by atoms with Crippen molar-refractivity contribution >= 4 is 12.4 Å². The standard InChI is InChI=1S/C7H4BF6O.K/c9-6-4(8(12,13)14)2-1-3-5(6)15-7(10)11;/h1-3,7H;/q-1;+1. The summed E-state index contributed by atoms with van der Waals surface area (Å²) in [6, 6.07) is 1.96. The molecule has 0 aliphatic heterocycles. The van der Waals surface area contributed by atoms with Gasteiger partial charge in [0.15, 0.2) is 5.75 Å². The van der Waals surface area contributed by atoms with Gasteiger partial charge in [0, 0.05) is 0 Å². The average Bonchev–Trinajstić information content (AvgIpc) is 2.05. The monoisotopic (exact) mass is 268 g/mol. The first kappa shape index (κ1) is 16.3. The minimum Gasteiger partial charge on any atom is -0.445 e. The van der Waals surface area contributed by atoms with E-state index in [1.54, 1.807) is 0 Å². The topological polar surface area (TPSA) is 9.23 Å². The first-order chi connectivity index (χ1) is 6.82. The zero-order chi connectivity index (χ0) is 11.6. The maximum atomic E-state index is 13.0. The quantitative estimate of drug-likeness (QED) is 0.530. The fraction of sp³-hybridized carbons (Fsp3) is 0.143. The molecule has 0 amide bonds.